The lowest BCUT2D eigenvalue weighted by atomic mass is 10.7. The largest absolute Gasteiger partial charge is 0.503 e. The van der Waals surface area contributed by atoms with E-state index >= 15 is 0 Å². The first kappa shape index (κ1) is 11.8. The molecular weight excluding hydrogens is 188 g/mol. The molecule has 5 heteroatoms. The van der Waals surface area contributed by atoms with Crippen molar-refractivity contribution in [2.45, 2.75) is 0 Å². The van der Waals surface area contributed by atoms with Crippen molar-refractivity contribution in [2.75, 3.05) is 0 Å². The molecule has 2 rings (SSSR count). The highest BCUT2D eigenvalue weighted by Gasteiger charge is 1.70. The van der Waals surface area contributed by atoms with E-state index in [0.717, 1.165) is 0 Å². The molecule has 0 aliphatic carbocycles. The van der Waals surface area contributed by atoms with Crippen molar-refractivity contribution in [3.63, 3.8) is 0 Å². The van der Waals surface area contributed by atoms with Gasteiger partial charge in [-0.25, -0.2) is 4.79 Å². The first-order chi connectivity index (χ1) is 6.73. The maximum absolute atomic E-state index is 8.56. The molecule has 0 saturated heterocycles. The predicted molar refractivity (Wildman–Crippen MR) is 48.1 cm³/mol. The second kappa shape index (κ2) is 8.92. The maximum Gasteiger partial charge on any atom is 0.503 e. The summed E-state index contributed by atoms with van der Waals surface area (Å²) in [6.45, 7) is 0. The second-order valence-corrected chi connectivity index (χ2v) is 1.87. The summed E-state index contributed by atoms with van der Waals surface area (Å²) in [5.41, 5.74) is 0. The molecule has 76 valence electrons. The molecule has 0 spiro atoms. The van der Waals surface area contributed by atoms with Crippen molar-refractivity contribution in [1.29, 1.82) is 0 Å². The summed E-state index contributed by atoms with van der Waals surface area (Å²) in [5.74, 6) is 0. The summed E-state index contributed by atoms with van der Waals surface area (Å²) in [5, 5.41) is 13.9. The third kappa shape index (κ3) is 12.5. The average molecular weight is 198 g/mol. The van der Waals surface area contributed by atoms with E-state index in [9.17, 15) is 0 Å². The molecule has 0 unspecified atom stereocenters. The first-order valence-corrected chi connectivity index (χ1v) is 3.59. The molecule has 0 fully saturated rings. The number of hydrogen-bond acceptors (Lipinski definition) is 3. The minimum Gasteiger partial charge on any atom is -0.473 e. The van der Waals surface area contributed by atoms with E-state index in [1.54, 1.807) is 25.1 Å². The van der Waals surface area contributed by atoms with Crippen LogP contribution in [0.4, 0.5) is 4.79 Å². The van der Waals surface area contributed by atoms with Gasteiger partial charge in [0.1, 0.15) is 0 Å². The zero-order chi connectivity index (χ0) is 10.6. The van der Waals surface area contributed by atoms with Gasteiger partial charge in [-0.2, -0.15) is 0 Å². The minimum absolute atomic E-state index is 1.62. The van der Waals surface area contributed by atoms with Crippen LogP contribution in [0.3, 0.4) is 0 Å². The fraction of sp³-hybridized carbons (Fsp3) is 0. The Bertz CT molecular complexity index is 220. The molecule has 2 aromatic heterocycles. The Morgan fingerprint density at radius 3 is 1.07 bits per heavy atom. The van der Waals surface area contributed by atoms with Crippen LogP contribution < -0.4 is 0 Å². The first-order valence-electron chi connectivity index (χ1n) is 3.59. The van der Waals surface area contributed by atoms with E-state index in [4.69, 9.17) is 15.0 Å². The van der Waals surface area contributed by atoms with Crippen LogP contribution in [0.1, 0.15) is 0 Å². The number of rotatable bonds is 0. The van der Waals surface area contributed by atoms with Crippen LogP contribution in [0.2, 0.25) is 0 Å². The fourth-order valence-corrected chi connectivity index (χ4v) is 0.454. The Labute approximate surface area is 80.2 Å². The lowest BCUT2D eigenvalue weighted by Crippen LogP contribution is -1.81. The van der Waals surface area contributed by atoms with Crippen molar-refractivity contribution in [3.05, 3.63) is 49.3 Å². The number of carboxylic acid groups (broad SMARTS) is 2. The van der Waals surface area contributed by atoms with Crippen molar-refractivity contribution in [2.24, 2.45) is 0 Å². The number of carbonyl (C=O) groups is 1. The molecular formula is C9H10O5. The summed E-state index contributed by atoms with van der Waals surface area (Å²) in [4.78, 5) is 8.56. The summed E-state index contributed by atoms with van der Waals surface area (Å²) < 4.78 is 9.17. The van der Waals surface area contributed by atoms with E-state index in [1.807, 2.05) is 24.3 Å². The summed E-state index contributed by atoms with van der Waals surface area (Å²) in [6, 6.07) is 7.33. The molecule has 0 amide bonds. The molecule has 2 aromatic rings. The molecule has 14 heavy (non-hydrogen) atoms. The molecule has 0 aliphatic heterocycles. The van der Waals surface area contributed by atoms with Gasteiger partial charge in [0.25, 0.3) is 0 Å². The van der Waals surface area contributed by atoms with E-state index in [-0.39, 0.29) is 0 Å². The number of furan rings is 2. The Morgan fingerprint density at radius 1 is 0.786 bits per heavy atom. The van der Waals surface area contributed by atoms with Crippen LogP contribution in [0, 0.1) is 0 Å². The number of hydrogen-bond donors (Lipinski definition) is 2. The molecule has 2 N–H and O–H groups in total. The summed E-state index contributed by atoms with van der Waals surface area (Å²) >= 11 is 0. The van der Waals surface area contributed by atoms with Gasteiger partial charge < -0.3 is 19.0 Å². The van der Waals surface area contributed by atoms with Gasteiger partial charge in [-0.15, -0.1) is 0 Å². The summed E-state index contributed by atoms with van der Waals surface area (Å²) in [7, 11) is 0. The lowest BCUT2D eigenvalue weighted by Gasteiger charge is -1.60. The van der Waals surface area contributed by atoms with Crippen LogP contribution in [0.5, 0.6) is 0 Å². The van der Waals surface area contributed by atoms with Crippen molar-refractivity contribution >= 4 is 6.16 Å². The molecule has 2 heterocycles. The van der Waals surface area contributed by atoms with Crippen LogP contribution in [0.25, 0.3) is 0 Å². The second-order valence-electron chi connectivity index (χ2n) is 1.87. The molecule has 0 bridgehead atoms. The monoisotopic (exact) mass is 198 g/mol. The van der Waals surface area contributed by atoms with Gasteiger partial charge in [0.15, 0.2) is 0 Å². The van der Waals surface area contributed by atoms with E-state index in [0.29, 0.717) is 0 Å². The van der Waals surface area contributed by atoms with Crippen LogP contribution in [-0.2, 0) is 0 Å². The van der Waals surface area contributed by atoms with Gasteiger partial charge in [0.05, 0.1) is 25.1 Å². The standard InChI is InChI=1S/2C4H4O.CH2O3/c2*1-2-4-5-3-1;2-1(3)4/h2*1-4H;(H2,2,3,4). The van der Waals surface area contributed by atoms with Gasteiger partial charge in [-0.1, -0.05) is 0 Å². The molecule has 0 aromatic carbocycles. The van der Waals surface area contributed by atoms with Gasteiger partial charge in [-0.3, -0.25) is 0 Å². The zero-order valence-corrected chi connectivity index (χ0v) is 7.24. The fourth-order valence-electron chi connectivity index (χ4n) is 0.454. The highest BCUT2D eigenvalue weighted by Crippen LogP contribution is 1.80. The third-order valence-electron chi connectivity index (χ3n) is 0.851. The predicted octanol–water partition coefficient (Wildman–Crippen LogP) is 2.78. The van der Waals surface area contributed by atoms with Crippen LogP contribution in [-0.4, -0.2) is 16.4 Å². The van der Waals surface area contributed by atoms with E-state index in [2.05, 4.69) is 8.83 Å². The van der Waals surface area contributed by atoms with Crippen LogP contribution >= 0.6 is 0 Å². The highest BCUT2D eigenvalue weighted by molar-refractivity contribution is 5.53. The molecule has 0 aliphatic rings. The minimum atomic E-state index is -1.83. The van der Waals surface area contributed by atoms with Crippen LogP contribution in [0.15, 0.2) is 58.2 Å². The quantitative estimate of drug-likeness (QED) is 0.679. The van der Waals surface area contributed by atoms with Crippen molar-refractivity contribution < 1.29 is 23.8 Å². The normalized spacial score (nSPS) is 7.43. The molecule has 5 nitrogen and oxygen atoms in total. The average Bonchev–Trinajstić information content (AvgIpc) is 2.83. The van der Waals surface area contributed by atoms with Gasteiger partial charge in [-0.05, 0) is 24.3 Å². The Balaban J connectivity index is 0.000000183. The third-order valence-corrected chi connectivity index (χ3v) is 0.851. The van der Waals surface area contributed by atoms with E-state index < -0.39 is 6.16 Å². The Hall–Kier alpha value is -2.17. The highest BCUT2D eigenvalue weighted by atomic mass is 16.6. The van der Waals surface area contributed by atoms with Gasteiger partial charge in [0.2, 0.25) is 0 Å². The SMILES string of the molecule is O=C(O)O.c1ccoc1.c1ccoc1. The Morgan fingerprint density at radius 2 is 1.00 bits per heavy atom. The van der Waals surface area contributed by atoms with Gasteiger partial charge >= 0.3 is 6.16 Å². The summed E-state index contributed by atoms with van der Waals surface area (Å²) in [6.07, 6.45) is 4.67. The Kier molecular flexibility index (Phi) is 7.54. The molecule has 0 radical (unpaired) electrons. The topological polar surface area (TPSA) is 83.8 Å². The van der Waals surface area contributed by atoms with Crippen molar-refractivity contribution in [3.8, 4) is 0 Å². The van der Waals surface area contributed by atoms with Gasteiger partial charge in [0, 0.05) is 0 Å². The molecule has 0 saturated carbocycles. The smallest absolute Gasteiger partial charge is 0.473 e. The van der Waals surface area contributed by atoms with E-state index in [1.165, 1.54) is 0 Å². The maximum atomic E-state index is 8.56. The zero-order valence-electron chi connectivity index (χ0n) is 7.24. The molecule has 0 atom stereocenters. The lowest BCUT2D eigenvalue weighted by molar-refractivity contribution is 0.137. The van der Waals surface area contributed by atoms with Crippen molar-refractivity contribution in [1.82, 2.24) is 0 Å².